The smallest absolute Gasteiger partial charge is 0.0360 e. The fraction of sp³-hybridized carbons (Fsp3) is 0.600. The monoisotopic (exact) mass is 283 g/mol. The van der Waals surface area contributed by atoms with Gasteiger partial charge in [-0.15, -0.1) is 0 Å². The molecule has 2 aliphatic carbocycles. The van der Waals surface area contributed by atoms with Crippen LogP contribution in [0.25, 0.3) is 0 Å². The average Bonchev–Trinajstić information content (AvgIpc) is 2.47. The Kier molecular flexibility index (Phi) is 5.13. The fourth-order valence-corrected chi connectivity index (χ4v) is 3.81. The molecule has 0 spiro atoms. The van der Waals surface area contributed by atoms with Crippen LogP contribution in [0.3, 0.4) is 0 Å². The zero-order valence-corrected chi connectivity index (χ0v) is 13.4. The summed E-state index contributed by atoms with van der Waals surface area (Å²) in [5.74, 6) is 0.822. The molecule has 1 N–H and O–H groups in total. The van der Waals surface area contributed by atoms with Gasteiger partial charge >= 0.3 is 0 Å². The third-order valence-corrected chi connectivity index (χ3v) is 5.22. The third-order valence-electron chi connectivity index (χ3n) is 5.22. The number of benzene rings is 1. The summed E-state index contributed by atoms with van der Waals surface area (Å²) in [5.41, 5.74) is 4.86. The Morgan fingerprint density at radius 2 is 2.00 bits per heavy atom. The maximum atomic E-state index is 3.75. The molecule has 21 heavy (non-hydrogen) atoms. The lowest BCUT2D eigenvalue weighted by atomic mass is 9.76. The van der Waals surface area contributed by atoms with Crippen LogP contribution in [0.5, 0.6) is 0 Å². The molecule has 0 saturated heterocycles. The predicted octanol–water partition coefficient (Wildman–Crippen LogP) is 5.50. The molecule has 0 amide bonds. The molecule has 3 rings (SSSR count). The number of allylic oxidation sites excluding steroid dienone is 1. The summed E-state index contributed by atoms with van der Waals surface area (Å²) in [7, 11) is 0. The largest absolute Gasteiger partial charge is 0.310 e. The van der Waals surface area contributed by atoms with Crippen LogP contribution in [0, 0.1) is 0 Å². The Hall–Kier alpha value is -1.08. The van der Waals surface area contributed by atoms with E-state index in [0.717, 1.165) is 12.5 Å². The molecule has 1 aromatic rings. The molecule has 1 saturated carbocycles. The van der Waals surface area contributed by atoms with Crippen LogP contribution in [0.15, 0.2) is 35.9 Å². The van der Waals surface area contributed by atoms with Crippen molar-refractivity contribution < 1.29 is 0 Å². The average molecular weight is 283 g/mol. The lowest BCUT2D eigenvalue weighted by Gasteiger charge is -2.31. The highest BCUT2D eigenvalue weighted by Gasteiger charge is 2.25. The highest BCUT2D eigenvalue weighted by Crippen LogP contribution is 2.40. The normalized spacial score (nSPS) is 20.7. The zero-order valence-electron chi connectivity index (χ0n) is 13.4. The van der Waals surface area contributed by atoms with E-state index in [1.54, 1.807) is 16.7 Å². The number of rotatable bonds is 6. The molecule has 1 fully saturated rings. The number of nitrogens with one attached hydrogen (secondary N) is 1. The molecule has 1 nitrogen and oxygen atoms in total. The van der Waals surface area contributed by atoms with Crippen molar-refractivity contribution in [3.8, 4) is 0 Å². The van der Waals surface area contributed by atoms with Crippen molar-refractivity contribution in [1.82, 2.24) is 5.32 Å². The van der Waals surface area contributed by atoms with E-state index < -0.39 is 0 Å². The number of hydrogen-bond acceptors (Lipinski definition) is 1. The molecule has 0 radical (unpaired) electrons. The van der Waals surface area contributed by atoms with E-state index in [1.807, 2.05) is 0 Å². The van der Waals surface area contributed by atoms with E-state index in [9.17, 15) is 0 Å². The molecule has 2 aliphatic rings. The third kappa shape index (κ3) is 3.58. The summed E-state index contributed by atoms with van der Waals surface area (Å²) >= 11 is 0. The maximum Gasteiger partial charge on any atom is 0.0360 e. The molecule has 1 heteroatoms. The standard InChI is InChI=1S/C20H29N/c1-2-21-20(15-16-9-4-3-5-10-16)19-14-7-6-13-18(19)17-11-8-12-17/h6-7,9,13-14,17,20-21H,2-5,8,10-12,15H2,1H3. The first-order chi connectivity index (χ1) is 10.4. The summed E-state index contributed by atoms with van der Waals surface area (Å²) in [6.45, 7) is 3.28. The van der Waals surface area contributed by atoms with E-state index in [-0.39, 0.29) is 0 Å². The van der Waals surface area contributed by atoms with Gasteiger partial charge < -0.3 is 5.32 Å². The SMILES string of the molecule is CCNC(CC1=CCCCC1)c1ccccc1C1CCC1. The molecule has 0 bridgehead atoms. The van der Waals surface area contributed by atoms with Crippen LogP contribution in [0.4, 0.5) is 0 Å². The van der Waals surface area contributed by atoms with Crippen molar-refractivity contribution in [2.24, 2.45) is 0 Å². The first-order valence-electron chi connectivity index (χ1n) is 8.88. The summed E-state index contributed by atoms with van der Waals surface area (Å²) in [4.78, 5) is 0. The van der Waals surface area contributed by atoms with Gasteiger partial charge in [0.15, 0.2) is 0 Å². The summed E-state index contributed by atoms with van der Waals surface area (Å²) in [5, 5.41) is 3.75. The van der Waals surface area contributed by atoms with Gasteiger partial charge in [-0.3, -0.25) is 0 Å². The molecule has 1 aromatic carbocycles. The maximum absolute atomic E-state index is 3.75. The molecular weight excluding hydrogens is 254 g/mol. The molecule has 0 heterocycles. The van der Waals surface area contributed by atoms with E-state index in [4.69, 9.17) is 0 Å². The van der Waals surface area contributed by atoms with Crippen LogP contribution in [-0.2, 0) is 0 Å². The van der Waals surface area contributed by atoms with Gasteiger partial charge in [0.05, 0.1) is 0 Å². The van der Waals surface area contributed by atoms with Crippen LogP contribution in [-0.4, -0.2) is 6.54 Å². The number of hydrogen-bond donors (Lipinski definition) is 1. The van der Waals surface area contributed by atoms with E-state index >= 15 is 0 Å². The predicted molar refractivity (Wildman–Crippen MR) is 90.6 cm³/mol. The molecule has 0 aliphatic heterocycles. The lowest BCUT2D eigenvalue weighted by Crippen LogP contribution is -2.24. The van der Waals surface area contributed by atoms with Gasteiger partial charge in [0.2, 0.25) is 0 Å². The van der Waals surface area contributed by atoms with Gasteiger partial charge in [0, 0.05) is 6.04 Å². The Labute approximate surface area is 129 Å². The molecule has 1 unspecified atom stereocenters. The van der Waals surface area contributed by atoms with Crippen molar-refractivity contribution in [2.45, 2.75) is 70.3 Å². The van der Waals surface area contributed by atoms with Crippen molar-refractivity contribution in [1.29, 1.82) is 0 Å². The highest BCUT2D eigenvalue weighted by atomic mass is 14.9. The summed E-state index contributed by atoms with van der Waals surface area (Å²) in [6.07, 6.45) is 13.3. The zero-order chi connectivity index (χ0) is 14.5. The second-order valence-electron chi connectivity index (χ2n) is 6.68. The van der Waals surface area contributed by atoms with Crippen LogP contribution in [0.2, 0.25) is 0 Å². The van der Waals surface area contributed by atoms with E-state index in [2.05, 4.69) is 42.6 Å². The van der Waals surface area contributed by atoms with Crippen molar-refractivity contribution >= 4 is 0 Å². The van der Waals surface area contributed by atoms with E-state index in [0.29, 0.717) is 6.04 Å². The van der Waals surface area contributed by atoms with Gasteiger partial charge in [-0.1, -0.05) is 49.3 Å². The highest BCUT2D eigenvalue weighted by molar-refractivity contribution is 5.35. The molecule has 1 atom stereocenters. The van der Waals surface area contributed by atoms with Crippen molar-refractivity contribution in [2.75, 3.05) is 6.54 Å². The minimum atomic E-state index is 0.510. The van der Waals surface area contributed by atoms with Gasteiger partial charge in [-0.05, 0) is 68.5 Å². The van der Waals surface area contributed by atoms with Crippen LogP contribution < -0.4 is 5.32 Å². The van der Waals surface area contributed by atoms with Crippen LogP contribution >= 0.6 is 0 Å². The van der Waals surface area contributed by atoms with E-state index in [1.165, 1.54) is 51.4 Å². The van der Waals surface area contributed by atoms with Gasteiger partial charge in [-0.2, -0.15) is 0 Å². The Morgan fingerprint density at radius 3 is 2.67 bits per heavy atom. The van der Waals surface area contributed by atoms with Gasteiger partial charge in [0.25, 0.3) is 0 Å². The Bertz CT molecular complexity index is 484. The Balaban J connectivity index is 1.81. The fourth-order valence-electron chi connectivity index (χ4n) is 3.81. The molecule has 0 aromatic heterocycles. The van der Waals surface area contributed by atoms with Crippen LogP contribution in [0.1, 0.15) is 81.4 Å². The Morgan fingerprint density at radius 1 is 1.14 bits per heavy atom. The summed E-state index contributed by atoms with van der Waals surface area (Å²) in [6, 6.07) is 9.69. The van der Waals surface area contributed by atoms with Gasteiger partial charge in [0.1, 0.15) is 0 Å². The van der Waals surface area contributed by atoms with Crippen molar-refractivity contribution in [3.63, 3.8) is 0 Å². The lowest BCUT2D eigenvalue weighted by molar-refractivity contribution is 0.410. The molecular formula is C20H29N. The van der Waals surface area contributed by atoms with Gasteiger partial charge in [-0.25, -0.2) is 0 Å². The second-order valence-corrected chi connectivity index (χ2v) is 6.68. The first kappa shape index (κ1) is 14.8. The minimum Gasteiger partial charge on any atom is -0.310 e. The second kappa shape index (κ2) is 7.26. The quantitative estimate of drug-likeness (QED) is 0.680. The minimum absolute atomic E-state index is 0.510. The topological polar surface area (TPSA) is 12.0 Å². The molecule has 114 valence electrons. The van der Waals surface area contributed by atoms with Crippen molar-refractivity contribution in [3.05, 3.63) is 47.0 Å². The summed E-state index contributed by atoms with van der Waals surface area (Å²) < 4.78 is 0. The first-order valence-corrected chi connectivity index (χ1v) is 8.88.